The molecule has 1 aromatic rings. The van der Waals surface area contributed by atoms with Gasteiger partial charge < -0.3 is 10.6 Å². The zero-order valence-electron chi connectivity index (χ0n) is 8.50. The molecule has 0 saturated carbocycles. The summed E-state index contributed by atoms with van der Waals surface area (Å²) in [5, 5.41) is 9.19. The normalized spacial score (nSPS) is 11.1. The van der Waals surface area contributed by atoms with Gasteiger partial charge in [0.2, 0.25) is 0 Å². The van der Waals surface area contributed by atoms with Gasteiger partial charge in [-0.05, 0) is 32.3 Å². The van der Waals surface area contributed by atoms with E-state index in [1.807, 2.05) is 20.8 Å². The molecular weight excluding hydrogens is 200 g/mol. The number of carbonyl (C=O) groups is 1. The molecule has 0 aliphatic carbocycles. The summed E-state index contributed by atoms with van der Waals surface area (Å²) in [7, 11) is 0. The van der Waals surface area contributed by atoms with Crippen LogP contribution in [0.25, 0.3) is 0 Å². The highest BCUT2D eigenvalue weighted by atomic mass is 32.1. The minimum Gasteiger partial charge on any atom is -0.334 e. The third-order valence-electron chi connectivity index (χ3n) is 1.32. The van der Waals surface area contributed by atoms with Crippen LogP contribution in [0.2, 0.25) is 0 Å². The Balaban J connectivity index is 2.29. The molecule has 6 heteroatoms. The molecule has 1 rings (SSSR count). The highest BCUT2D eigenvalue weighted by Crippen LogP contribution is 2.01. The van der Waals surface area contributed by atoms with Crippen molar-refractivity contribution in [3.8, 4) is 0 Å². The predicted octanol–water partition coefficient (Wildman–Crippen LogP) is 1.14. The first kappa shape index (κ1) is 10.9. The molecule has 0 aromatic carbocycles. The van der Waals surface area contributed by atoms with Crippen molar-refractivity contribution in [3.63, 3.8) is 0 Å². The largest absolute Gasteiger partial charge is 0.334 e. The van der Waals surface area contributed by atoms with Gasteiger partial charge in [0.15, 0.2) is 0 Å². The summed E-state index contributed by atoms with van der Waals surface area (Å²) in [5.41, 5.74) is -0.212. The van der Waals surface area contributed by atoms with E-state index in [4.69, 9.17) is 0 Å². The lowest BCUT2D eigenvalue weighted by molar-refractivity contribution is 0.231. The van der Waals surface area contributed by atoms with Gasteiger partial charge in [-0.15, -0.1) is 5.10 Å². The lowest BCUT2D eigenvalue weighted by Gasteiger charge is -2.20. The second kappa shape index (κ2) is 4.36. The molecule has 0 atom stereocenters. The molecular formula is C8H14N4OS. The molecule has 0 aliphatic rings. The fraction of sp³-hybridized carbons (Fsp3) is 0.625. The fourth-order valence-electron chi connectivity index (χ4n) is 0.818. The van der Waals surface area contributed by atoms with E-state index in [0.29, 0.717) is 6.54 Å². The van der Waals surface area contributed by atoms with Crippen LogP contribution >= 0.6 is 11.5 Å². The van der Waals surface area contributed by atoms with Crippen LogP contribution in [0.15, 0.2) is 6.20 Å². The van der Waals surface area contributed by atoms with Crippen molar-refractivity contribution in [2.75, 3.05) is 0 Å². The van der Waals surface area contributed by atoms with E-state index < -0.39 is 0 Å². The first-order chi connectivity index (χ1) is 6.47. The average molecular weight is 214 g/mol. The first-order valence-electron chi connectivity index (χ1n) is 4.29. The number of carbonyl (C=O) groups excluding carboxylic acids is 1. The van der Waals surface area contributed by atoms with Gasteiger partial charge in [0.1, 0.15) is 0 Å². The standard InChI is InChI=1S/C8H14N4OS/c1-8(2,3)11-7(13)9-4-6-5-10-12-14-6/h5H,4H2,1-3H3,(H2,9,11,13). The van der Waals surface area contributed by atoms with Crippen molar-refractivity contribution in [2.24, 2.45) is 0 Å². The van der Waals surface area contributed by atoms with Gasteiger partial charge >= 0.3 is 6.03 Å². The Morgan fingerprint density at radius 1 is 1.57 bits per heavy atom. The van der Waals surface area contributed by atoms with Crippen molar-refractivity contribution in [1.82, 2.24) is 20.2 Å². The minimum atomic E-state index is -0.212. The highest BCUT2D eigenvalue weighted by Gasteiger charge is 2.12. The number of urea groups is 1. The molecule has 1 heterocycles. The monoisotopic (exact) mass is 214 g/mol. The summed E-state index contributed by atoms with van der Waals surface area (Å²) in [5.74, 6) is 0. The van der Waals surface area contributed by atoms with E-state index >= 15 is 0 Å². The van der Waals surface area contributed by atoms with Crippen LogP contribution in [-0.2, 0) is 6.54 Å². The summed E-state index contributed by atoms with van der Waals surface area (Å²) in [4.78, 5) is 12.2. The molecule has 0 bridgehead atoms. The number of amides is 2. The van der Waals surface area contributed by atoms with Gasteiger partial charge in [-0.25, -0.2) is 4.79 Å². The maximum Gasteiger partial charge on any atom is 0.315 e. The Kier molecular flexibility index (Phi) is 3.40. The van der Waals surface area contributed by atoms with Crippen LogP contribution in [0.3, 0.4) is 0 Å². The molecule has 0 fully saturated rings. The molecule has 78 valence electrons. The molecule has 14 heavy (non-hydrogen) atoms. The van der Waals surface area contributed by atoms with E-state index in [-0.39, 0.29) is 11.6 Å². The fourth-order valence-corrected chi connectivity index (χ4v) is 1.25. The van der Waals surface area contributed by atoms with Crippen molar-refractivity contribution in [2.45, 2.75) is 32.9 Å². The van der Waals surface area contributed by atoms with Crippen LogP contribution in [-0.4, -0.2) is 21.2 Å². The molecule has 5 nitrogen and oxygen atoms in total. The summed E-state index contributed by atoms with van der Waals surface area (Å²) < 4.78 is 3.69. The molecule has 0 saturated heterocycles. The minimum absolute atomic E-state index is 0.175. The number of hydrogen-bond donors (Lipinski definition) is 2. The van der Waals surface area contributed by atoms with Crippen LogP contribution < -0.4 is 10.6 Å². The maximum atomic E-state index is 11.3. The summed E-state index contributed by atoms with van der Waals surface area (Å²) in [6.07, 6.45) is 1.64. The van der Waals surface area contributed by atoms with Crippen molar-refractivity contribution in [3.05, 3.63) is 11.1 Å². The number of aromatic nitrogens is 2. The molecule has 2 N–H and O–H groups in total. The molecule has 0 unspecified atom stereocenters. The second-order valence-corrected chi connectivity index (χ2v) is 4.81. The van der Waals surface area contributed by atoms with Crippen molar-refractivity contribution in [1.29, 1.82) is 0 Å². The van der Waals surface area contributed by atoms with Crippen molar-refractivity contribution < 1.29 is 4.79 Å². The Morgan fingerprint density at radius 3 is 2.79 bits per heavy atom. The average Bonchev–Trinajstić information content (AvgIpc) is 2.49. The lowest BCUT2D eigenvalue weighted by Crippen LogP contribution is -2.46. The quantitative estimate of drug-likeness (QED) is 0.775. The van der Waals surface area contributed by atoms with Gasteiger partial charge in [0, 0.05) is 5.54 Å². The smallest absolute Gasteiger partial charge is 0.315 e. The van der Waals surface area contributed by atoms with E-state index in [9.17, 15) is 4.79 Å². The topological polar surface area (TPSA) is 66.9 Å². The Labute approximate surface area is 87.1 Å². The third kappa shape index (κ3) is 4.18. The number of rotatable bonds is 2. The molecule has 0 spiro atoms. The van der Waals surface area contributed by atoms with Gasteiger partial charge in [0.25, 0.3) is 0 Å². The molecule has 2 amide bonds. The van der Waals surface area contributed by atoms with Crippen LogP contribution in [0, 0.1) is 0 Å². The van der Waals surface area contributed by atoms with E-state index in [1.54, 1.807) is 6.20 Å². The van der Waals surface area contributed by atoms with Gasteiger partial charge in [-0.1, -0.05) is 4.49 Å². The second-order valence-electron chi connectivity index (χ2n) is 3.94. The first-order valence-corrected chi connectivity index (χ1v) is 5.07. The SMILES string of the molecule is CC(C)(C)NC(=O)NCc1cnns1. The van der Waals surface area contributed by atoms with E-state index in [0.717, 1.165) is 4.88 Å². The maximum absolute atomic E-state index is 11.3. The van der Waals surface area contributed by atoms with Gasteiger partial charge in [-0.3, -0.25) is 0 Å². The highest BCUT2D eigenvalue weighted by molar-refractivity contribution is 7.05. The zero-order valence-corrected chi connectivity index (χ0v) is 9.31. The lowest BCUT2D eigenvalue weighted by atomic mass is 10.1. The van der Waals surface area contributed by atoms with Gasteiger partial charge in [-0.2, -0.15) is 0 Å². The Bertz CT molecular complexity index is 291. The molecule has 1 aromatic heterocycles. The Hall–Kier alpha value is -1.17. The van der Waals surface area contributed by atoms with Crippen LogP contribution in [0.1, 0.15) is 25.6 Å². The molecule has 0 aliphatic heterocycles. The summed E-state index contributed by atoms with van der Waals surface area (Å²) in [6, 6.07) is -0.175. The van der Waals surface area contributed by atoms with Gasteiger partial charge in [0.05, 0.1) is 17.6 Å². The van der Waals surface area contributed by atoms with E-state index in [2.05, 4.69) is 20.2 Å². The number of hydrogen-bond acceptors (Lipinski definition) is 4. The molecule has 0 radical (unpaired) electrons. The number of nitrogens with one attached hydrogen (secondary N) is 2. The van der Waals surface area contributed by atoms with E-state index in [1.165, 1.54) is 11.5 Å². The van der Waals surface area contributed by atoms with Crippen LogP contribution in [0.5, 0.6) is 0 Å². The summed E-state index contributed by atoms with van der Waals surface area (Å²) >= 11 is 1.28. The predicted molar refractivity (Wildman–Crippen MR) is 55.0 cm³/mol. The number of nitrogens with zero attached hydrogens (tertiary/aromatic N) is 2. The third-order valence-corrected chi connectivity index (χ3v) is 1.98. The Morgan fingerprint density at radius 2 is 2.29 bits per heavy atom. The van der Waals surface area contributed by atoms with Crippen molar-refractivity contribution >= 4 is 17.6 Å². The summed E-state index contributed by atoms with van der Waals surface area (Å²) in [6.45, 7) is 6.27. The van der Waals surface area contributed by atoms with Crippen LogP contribution in [0.4, 0.5) is 4.79 Å². The zero-order chi connectivity index (χ0) is 10.6.